The lowest BCUT2D eigenvalue weighted by Gasteiger charge is -2.33. The maximum absolute atomic E-state index is 12.7. The fraction of sp³-hybridized carbons (Fsp3) is 0.357. The van der Waals surface area contributed by atoms with Crippen molar-refractivity contribution in [2.75, 3.05) is 24.3 Å². The molecule has 1 aromatic heterocycles. The summed E-state index contributed by atoms with van der Waals surface area (Å²) >= 11 is 3.00. The molecule has 0 bridgehead atoms. The van der Waals surface area contributed by atoms with E-state index in [1.165, 1.54) is 22.5 Å². The number of thiophene rings is 1. The number of fused-ring (bicyclic) bond motifs is 1. The molecule has 1 saturated heterocycles. The zero-order valence-corrected chi connectivity index (χ0v) is 13.9. The maximum atomic E-state index is 12.7. The third-order valence-electron chi connectivity index (χ3n) is 3.48. The molecule has 2 heterocycles. The highest BCUT2D eigenvalue weighted by molar-refractivity contribution is 8.00. The van der Waals surface area contributed by atoms with Gasteiger partial charge in [-0.3, -0.25) is 4.79 Å². The van der Waals surface area contributed by atoms with Crippen LogP contribution < -0.4 is 0 Å². The Hall–Kier alpha value is -1.05. The second kappa shape index (κ2) is 5.62. The lowest BCUT2D eigenvalue weighted by atomic mass is 10.2. The number of rotatable bonds is 2. The largest absolute Gasteiger partial charge is 0.319 e. The number of amides is 1. The first-order valence-corrected chi connectivity index (χ1v) is 10.5. The van der Waals surface area contributed by atoms with E-state index in [1.54, 1.807) is 11.8 Å². The average Bonchev–Trinajstić information content (AvgIpc) is 2.89. The van der Waals surface area contributed by atoms with Gasteiger partial charge in [0.25, 0.3) is 5.91 Å². The summed E-state index contributed by atoms with van der Waals surface area (Å²) in [5.74, 6) is 1.06. The van der Waals surface area contributed by atoms with Gasteiger partial charge in [0.1, 0.15) is 5.37 Å². The third kappa shape index (κ3) is 2.95. The number of thioether (sulfide) groups is 1. The summed E-state index contributed by atoms with van der Waals surface area (Å²) in [6, 6.07) is 9.65. The molecule has 1 aromatic carbocycles. The van der Waals surface area contributed by atoms with Crippen molar-refractivity contribution in [3.8, 4) is 0 Å². The van der Waals surface area contributed by atoms with Crippen molar-refractivity contribution in [1.29, 1.82) is 0 Å². The number of hydrogen-bond acceptors (Lipinski definition) is 5. The van der Waals surface area contributed by atoms with Crippen molar-refractivity contribution in [3.05, 3.63) is 35.2 Å². The van der Waals surface area contributed by atoms with Gasteiger partial charge in [-0.05, 0) is 17.5 Å². The van der Waals surface area contributed by atoms with Crippen molar-refractivity contribution in [2.45, 2.75) is 5.37 Å². The molecule has 0 N–H and O–H groups in total. The number of carbonyl (C=O) groups is 1. The fourth-order valence-corrected chi connectivity index (χ4v) is 6.23. The van der Waals surface area contributed by atoms with Gasteiger partial charge in [-0.1, -0.05) is 18.2 Å². The van der Waals surface area contributed by atoms with E-state index in [4.69, 9.17) is 0 Å². The third-order valence-corrected chi connectivity index (χ3v) is 7.22. The second-order valence-electron chi connectivity index (χ2n) is 5.01. The van der Waals surface area contributed by atoms with Crippen LogP contribution in [0.3, 0.4) is 0 Å². The van der Waals surface area contributed by atoms with E-state index in [0.717, 1.165) is 15.8 Å². The summed E-state index contributed by atoms with van der Waals surface area (Å²) in [6.45, 7) is 0.482. The summed E-state index contributed by atoms with van der Waals surface area (Å²) in [5.41, 5.74) is 0. The Kier molecular flexibility index (Phi) is 3.98. The molecule has 0 radical (unpaired) electrons. The van der Waals surface area contributed by atoms with Crippen molar-refractivity contribution in [2.24, 2.45) is 0 Å². The molecular weight excluding hydrogens is 326 g/mol. The topological polar surface area (TPSA) is 54.5 Å². The van der Waals surface area contributed by atoms with Crippen molar-refractivity contribution in [3.63, 3.8) is 0 Å². The predicted molar refractivity (Wildman–Crippen MR) is 88.8 cm³/mol. The first kappa shape index (κ1) is 14.9. The van der Waals surface area contributed by atoms with Crippen LogP contribution in [0.5, 0.6) is 0 Å². The summed E-state index contributed by atoms with van der Waals surface area (Å²) in [7, 11) is -3.27. The van der Waals surface area contributed by atoms with Crippen LogP contribution in [-0.4, -0.2) is 48.9 Å². The normalized spacial score (nSPS) is 19.9. The number of nitrogens with zero attached hydrogens (tertiary/aromatic N) is 1. The molecule has 7 heteroatoms. The highest BCUT2D eigenvalue weighted by Gasteiger charge is 2.35. The molecule has 1 aliphatic rings. The van der Waals surface area contributed by atoms with Crippen LogP contribution in [0.4, 0.5) is 0 Å². The Labute approximate surface area is 132 Å². The first-order valence-electron chi connectivity index (χ1n) is 6.53. The van der Waals surface area contributed by atoms with E-state index in [-0.39, 0.29) is 5.91 Å². The van der Waals surface area contributed by atoms with E-state index in [2.05, 4.69) is 0 Å². The van der Waals surface area contributed by atoms with Crippen LogP contribution in [-0.2, 0) is 9.84 Å². The minimum atomic E-state index is -3.27. The van der Waals surface area contributed by atoms with Crippen molar-refractivity contribution in [1.82, 2.24) is 4.90 Å². The summed E-state index contributed by atoms with van der Waals surface area (Å²) in [4.78, 5) is 14.8. The van der Waals surface area contributed by atoms with Crippen LogP contribution in [0.25, 0.3) is 10.1 Å². The molecule has 0 saturated carbocycles. The first-order chi connectivity index (χ1) is 9.97. The van der Waals surface area contributed by atoms with Crippen LogP contribution in [0, 0.1) is 0 Å². The number of carbonyl (C=O) groups excluding carboxylic acids is 1. The Morgan fingerprint density at radius 1 is 1.33 bits per heavy atom. The molecule has 1 amide bonds. The van der Waals surface area contributed by atoms with E-state index < -0.39 is 15.2 Å². The lowest BCUT2D eigenvalue weighted by molar-refractivity contribution is 0.0754. The van der Waals surface area contributed by atoms with Gasteiger partial charge in [0.15, 0.2) is 9.84 Å². The maximum Gasteiger partial charge on any atom is 0.265 e. The van der Waals surface area contributed by atoms with E-state index in [0.29, 0.717) is 17.2 Å². The molecule has 0 spiro atoms. The SMILES string of the molecule is CS(=O)(=O)C1CSCCN1C(=O)c1cc2ccccc2s1. The Balaban J connectivity index is 1.95. The second-order valence-corrected chi connectivity index (χ2v) is 9.44. The van der Waals surface area contributed by atoms with Gasteiger partial charge in [0, 0.05) is 29.0 Å². The highest BCUT2D eigenvalue weighted by atomic mass is 32.2. The number of hydrogen-bond donors (Lipinski definition) is 0. The van der Waals surface area contributed by atoms with Crippen LogP contribution in [0.15, 0.2) is 30.3 Å². The molecule has 3 rings (SSSR count). The summed E-state index contributed by atoms with van der Waals surface area (Å²) in [5, 5.41) is 0.308. The summed E-state index contributed by atoms with van der Waals surface area (Å²) in [6.07, 6.45) is 1.20. The standard InChI is InChI=1S/C14H15NO3S3/c1-21(17,18)13-9-19-7-6-15(13)14(16)12-8-10-4-2-3-5-11(10)20-12/h2-5,8,13H,6-7,9H2,1H3. The van der Waals surface area contributed by atoms with Gasteiger partial charge in [0.05, 0.1) is 4.88 Å². The predicted octanol–water partition coefficient (Wildman–Crippen LogP) is 2.46. The fourth-order valence-electron chi connectivity index (χ4n) is 2.40. The molecule has 112 valence electrons. The van der Waals surface area contributed by atoms with Gasteiger partial charge in [-0.2, -0.15) is 11.8 Å². The zero-order chi connectivity index (χ0) is 15.0. The van der Waals surface area contributed by atoms with E-state index >= 15 is 0 Å². The molecule has 1 atom stereocenters. The molecule has 1 fully saturated rings. The minimum Gasteiger partial charge on any atom is -0.319 e. The van der Waals surface area contributed by atoms with Crippen molar-refractivity contribution >= 4 is 48.9 Å². The van der Waals surface area contributed by atoms with Gasteiger partial charge < -0.3 is 4.90 Å². The lowest BCUT2D eigenvalue weighted by Crippen LogP contribution is -2.49. The monoisotopic (exact) mass is 341 g/mol. The Morgan fingerprint density at radius 3 is 2.81 bits per heavy atom. The zero-order valence-electron chi connectivity index (χ0n) is 11.5. The highest BCUT2D eigenvalue weighted by Crippen LogP contribution is 2.29. The van der Waals surface area contributed by atoms with Crippen LogP contribution in [0.2, 0.25) is 0 Å². The molecule has 2 aromatic rings. The van der Waals surface area contributed by atoms with Gasteiger partial charge in [0.2, 0.25) is 0 Å². The molecule has 21 heavy (non-hydrogen) atoms. The van der Waals surface area contributed by atoms with Gasteiger partial charge in [-0.15, -0.1) is 11.3 Å². The molecular formula is C14H15NO3S3. The molecule has 1 unspecified atom stereocenters. The Bertz CT molecular complexity index is 749. The van der Waals surface area contributed by atoms with Crippen LogP contribution >= 0.6 is 23.1 Å². The van der Waals surface area contributed by atoms with Crippen molar-refractivity contribution < 1.29 is 13.2 Å². The Morgan fingerprint density at radius 2 is 2.10 bits per heavy atom. The van der Waals surface area contributed by atoms with Crippen LogP contribution in [0.1, 0.15) is 9.67 Å². The molecule has 0 aliphatic carbocycles. The van der Waals surface area contributed by atoms with Gasteiger partial charge >= 0.3 is 0 Å². The minimum absolute atomic E-state index is 0.174. The molecule has 4 nitrogen and oxygen atoms in total. The quantitative estimate of drug-likeness (QED) is 0.842. The number of sulfone groups is 1. The van der Waals surface area contributed by atoms with E-state index in [1.807, 2.05) is 30.3 Å². The van der Waals surface area contributed by atoms with Gasteiger partial charge in [-0.25, -0.2) is 8.42 Å². The molecule has 1 aliphatic heterocycles. The van der Waals surface area contributed by atoms with E-state index in [9.17, 15) is 13.2 Å². The summed E-state index contributed by atoms with van der Waals surface area (Å²) < 4.78 is 24.8. The number of benzene rings is 1. The smallest absolute Gasteiger partial charge is 0.265 e. The average molecular weight is 341 g/mol.